The summed E-state index contributed by atoms with van der Waals surface area (Å²) in [6, 6.07) is 24.9. The zero-order valence-electron chi connectivity index (χ0n) is 26.0. The van der Waals surface area contributed by atoms with Crippen LogP contribution in [0, 0.1) is 5.92 Å². The topological polar surface area (TPSA) is 125 Å². The first-order chi connectivity index (χ1) is 22.0. The van der Waals surface area contributed by atoms with Gasteiger partial charge in [-0.25, -0.2) is 18.0 Å². The van der Waals surface area contributed by atoms with E-state index in [9.17, 15) is 23.1 Å². The molecule has 3 aromatic carbocycles. The summed E-state index contributed by atoms with van der Waals surface area (Å²) in [5, 5.41) is 10.9. The van der Waals surface area contributed by atoms with Gasteiger partial charge in [0.2, 0.25) is 0 Å². The molecule has 6 atom stereocenters. The van der Waals surface area contributed by atoms with Crippen LogP contribution >= 0.6 is 0 Å². The van der Waals surface area contributed by atoms with Gasteiger partial charge in [0.25, 0.3) is 0 Å². The van der Waals surface area contributed by atoms with Gasteiger partial charge in [-0.15, -0.1) is 0 Å². The lowest BCUT2D eigenvalue weighted by atomic mass is 9.90. The van der Waals surface area contributed by atoms with Gasteiger partial charge in [-0.3, -0.25) is 0 Å². The number of rotatable bonds is 15. The third-order valence-electron chi connectivity index (χ3n) is 8.00. The van der Waals surface area contributed by atoms with Gasteiger partial charge in [-0.05, 0) is 48.9 Å². The van der Waals surface area contributed by atoms with Gasteiger partial charge in [0.1, 0.15) is 12.7 Å². The van der Waals surface area contributed by atoms with Crippen molar-refractivity contribution in [3.8, 4) is 0 Å². The second-order valence-corrected chi connectivity index (χ2v) is 13.4. The molecule has 0 spiro atoms. The van der Waals surface area contributed by atoms with Crippen LogP contribution in [-0.4, -0.2) is 75.5 Å². The van der Waals surface area contributed by atoms with Crippen molar-refractivity contribution in [2.45, 2.75) is 55.2 Å². The van der Waals surface area contributed by atoms with Gasteiger partial charge < -0.3 is 24.1 Å². The van der Waals surface area contributed by atoms with Crippen LogP contribution in [0.3, 0.4) is 0 Å². The molecule has 9 nitrogen and oxygen atoms in total. The first-order valence-corrected chi connectivity index (χ1v) is 16.6. The summed E-state index contributed by atoms with van der Waals surface area (Å²) in [4.78, 5) is 26.0. The number of ether oxygens (including phenoxy) is 4. The Kier molecular flexibility index (Phi) is 12.1. The van der Waals surface area contributed by atoms with Crippen molar-refractivity contribution in [3.63, 3.8) is 0 Å². The van der Waals surface area contributed by atoms with Crippen LogP contribution in [0.15, 0.2) is 120 Å². The number of hydrogen-bond acceptors (Lipinski definition) is 9. The highest BCUT2D eigenvalue weighted by Crippen LogP contribution is 2.37. The Bertz CT molecular complexity index is 1590. The fraction of sp³-hybridized carbons (Fsp3) is 0.333. The molecular formula is C36H40O9S. The number of esters is 2. The molecule has 4 rings (SSSR count). The number of methoxy groups -OCH3 is 1. The third-order valence-corrected chi connectivity index (χ3v) is 9.81. The number of benzene rings is 3. The molecule has 1 aliphatic rings. The summed E-state index contributed by atoms with van der Waals surface area (Å²) in [5.74, 6) is -2.24. The summed E-state index contributed by atoms with van der Waals surface area (Å²) < 4.78 is 50.7. The minimum atomic E-state index is -3.79. The molecule has 244 valence electrons. The Morgan fingerprint density at radius 1 is 0.848 bits per heavy atom. The van der Waals surface area contributed by atoms with E-state index in [1.807, 2.05) is 0 Å². The highest BCUT2D eigenvalue weighted by molar-refractivity contribution is 7.91. The molecule has 10 heteroatoms. The fourth-order valence-corrected chi connectivity index (χ4v) is 7.17. The van der Waals surface area contributed by atoms with Crippen molar-refractivity contribution >= 4 is 21.8 Å². The number of sulfone groups is 1. The second-order valence-electron chi connectivity index (χ2n) is 11.3. The van der Waals surface area contributed by atoms with Crippen LogP contribution < -0.4 is 0 Å². The molecule has 0 amide bonds. The molecular weight excluding hydrogens is 608 g/mol. The van der Waals surface area contributed by atoms with E-state index >= 15 is 0 Å². The molecule has 0 radical (unpaired) electrons. The average molecular weight is 649 g/mol. The zero-order chi connectivity index (χ0) is 33.3. The molecule has 1 fully saturated rings. The third kappa shape index (κ3) is 9.01. The Morgan fingerprint density at radius 3 is 1.93 bits per heavy atom. The van der Waals surface area contributed by atoms with Gasteiger partial charge >= 0.3 is 11.9 Å². The lowest BCUT2D eigenvalue weighted by Gasteiger charge is -2.26. The van der Waals surface area contributed by atoms with E-state index in [1.165, 1.54) is 19.2 Å². The van der Waals surface area contributed by atoms with Gasteiger partial charge in [-0.2, -0.15) is 0 Å². The maximum Gasteiger partial charge on any atom is 0.338 e. The van der Waals surface area contributed by atoms with Crippen LogP contribution in [0.4, 0.5) is 0 Å². The Balaban J connectivity index is 1.60. The zero-order valence-corrected chi connectivity index (χ0v) is 26.8. The normalized spacial score (nSPS) is 20.8. The standard InChI is InChI=1S/C36H40O9S/c1-24(2)25(3)31(37)21-32-30(23-46(40,41)29-18-12-7-13-19-29)34(42-4)33(45-32)20-28(44-36(39)27-16-10-6-11-17-27)22-43-35(38)26-14-8-5-9-15-26/h5-19,28,30-34,37H,1,3,20-23H2,2,4H3/t28?,30-,31+,32?,33?,34+/m0/s1. The van der Waals surface area contributed by atoms with E-state index in [1.54, 1.807) is 85.8 Å². The Morgan fingerprint density at radius 2 is 1.39 bits per heavy atom. The molecule has 0 saturated carbocycles. The van der Waals surface area contributed by atoms with Crippen molar-refractivity contribution < 1.29 is 42.1 Å². The lowest BCUT2D eigenvalue weighted by Crippen LogP contribution is -2.38. The van der Waals surface area contributed by atoms with Crippen molar-refractivity contribution in [1.82, 2.24) is 0 Å². The number of carbonyl (C=O) groups is 2. The second kappa shape index (κ2) is 16.0. The molecule has 0 bridgehead atoms. The molecule has 1 N–H and O–H groups in total. The van der Waals surface area contributed by atoms with Gasteiger partial charge in [0.15, 0.2) is 9.84 Å². The Labute approximate surface area is 270 Å². The average Bonchev–Trinajstić information content (AvgIpc) is 3.37. The van der Waals surface area contributed by atoms with E-state index in [0.29, 0.717) is 22.3 Å². The fourth-order valence-electron chi connectivity index (χ4n) is 5.49. The first-order valence-electron chi connectivity index (χ1n) is 15.0. The summed E-state index contributed by atoms with van der Waals surface area (Å²) in [6.45, 7) is 9.21. The maximum absolute atomic E-state index is 13.5. The molecule has 1 saturated heterocycles. The lowest BCUT2D eigenvalue weighted by molar-refractivity contribution is -0.0560. The largest absolute Gasteiger partial charge is 0.458 e. The van der Waals surface area contributed by atoms with Crippen LogP contribution in [0.25, 0.3) is 0 Å². The molecule has 46 heavy (non-hydrogen) atoms. The summed E-state index contributed by atoms with van der Waals surface area (Å²) in [6.07, 6.45) is -4.26. The van der Waals surface area contributed by atoms with Crippen molar-refractivity contribution in [2.75, 3.05) is 19.5 Å². The van der Waals surface area contributed by atoms with E-state index in [0.717, 1.165) is 0 Å². The first kappa shape index (κ1) is 34.8. The van der Waals surface area contributed by atoms with E-state index in [2.05, 4.69) is 13.2 Å². The molecule has 1 aliphatic heterocycles. The van der Waals surface area contributed by atoms with E-state index in [4.69, 9.17) is 18.9 Å². The van der Waals surface area contributed by atoms with Gasteiger partial charge in [0, 0.05) is 25.9 Å². The van der Waals surface area contributed by atoms with Gasteiger partial charge in [0.05, 0.1) is 46.2 Å². The highest BCUT2D eigenvalue weighted by atomic mass is 32.2. The van der Waals surface area contributed by atoms with Crippen LogP contribution in [-0.2, 0) is 28.8 Å². The molecule has 0 aromatic heterocycles. The van der Waals surface area contributed by atoms with Crippen molar-refractivity contribution in [1.29, 1.82) is 0 Å². The quantitative estimate of drug-likeness (QED) is 0.175. The van der Waals surface area contributed by atoms with Crippen LogP contribution in [0.2, 0.25) is 0 Å². The predicted molar refractivity (Wildman–Crippen MR) is 173 cm³/mol. The number of aliphatic hydroxyl groups excluding tert-OH is 1. The SMILES string of the molecule is C=C(C)C(=C)[C@H](O)CC1OC(CC(COC(=O)c2ccccc2)OC(=O)c2ccccc2)[C@H](OC)[C@H]1CS(=O)(=O)c1ccccc1. The van der Waals surface area contributed by atoms with E-state index in [-0.39, 0.29) is 30.1 Å². The summed E-state index contributed by atoms with van der Waals surface area (Å²) in [7, 11) is -2.33. The smallest absolute Gasteiger partial charge is 0.338 e. The number of aliphatic hydroxyl groups is 1. The van der Waals surface area contributed by atoms with Crippen molar-refractivity contribution in [2.24, 2.45) is 5.92 Å². The van der Waals surface area contributed by atoms with E-state index < -0.39 is 58.2 Å². The van der Waals surface area contributed by atoms with Crippen molar-refractivity contribution in [3.05, 3.63) is 126 Å². The van der Waals surface area contributed by atoms with Gasteiger partial charge in [-0.1, -0.05) is 73.3 Å². The Hall–Kier alpha value is -4.09. The summed E-state index contributed by atoms with van der Waals surface area (Å²) >= 11 is 0. The predicted octanol–water partition coefficient (Wildman–Crippen LogP) is 5.21. The number of hydrogen-bond donors (Lipinski definition) is 1. The molecule has 3 unspecified atom stereocenters. The minimum Gasteiger partial charge on any atom is -0.458 e. The number of carbonyl (C=O) groups excluding carboxylic acids is 2. The maximum atomic E-state index is 13.5. The minimum absolute atomic E-state index is 0.0229. The van der Waals surface area contributed by atoms with Crippen LogP contribution in [0.5, 0.6) is 0 Å². The monoisotopic (exact) mass is 648 g/mol. The van der Waals surface area contributed by atoms with Crippen LogP contribution in [0.1, 0.15) is 40.5 Å². The molecule has 3 aromatic rings. The summed E-state index contributed by atoms with van der Waals surface area (Å²) in [5.41, 5.74) is 1.64. The highest BCUT2D eigenvalue weighted by Gasteiger charge is 2.48. The molecule has 0 aliphatic carbocycles. The molecule has 1 heterocycles.